The third-order valence-corrected chi connectivity index (χ3v) is 8.96. The van der Waals surface area contributed by atoms with Gasteiger partial charge >= 0.3 is 6.18 Å². The van der Waals surface area contributed by atoms with E-state index in [2.05, 4.69) is 9.97 Å². The Kier molecular flexibility index (Phi) is 8.03. The zero-order valence-electron chi connectivity index (χ0n) is 22.4. The minimum absolute atomic E-state index is 0.112. The molecule has 3 aliphatic rings. The summed E-state index contributed by atoms with van der Waals surface area (Å²) in [7, 11) is 0. The molecule has 2 aromatic rings. The van der Waals surface area contributed by atoms with Gasteiger partial charge in [-0.15, -0.1) is 0 Å². The van der Waals surface area contributed by atoms with Crippen LogP contribution in [0.1, 0.15) is 73.0 Å². The molecule has 8 nitrogen and oxygen atoms in total. The van der Waals surface area contributed by atoms with Crippen molar-refractivity contribution in [2.24, 2.45) is 23.5 Å². The third-order valence-electron chi connectivity index (χ3n) is 8.96. The lowest BCUT2D eigenvalue weighted by molar-refractivity contribution is -0.137. The summed E-state index contributed by atoms with van der Waals surface area (Å²) >= 11 is 0. The lowest BCUT2D eigenvalue weighted by Crippen LogP contribution is -2.42. The maximum absolute atomic E-state index is 13.2. The van der Waals surface area contributed by atoms with Gasteiger partial charge in [0.05, 0.1) is 16.8 Å². The first-order valence-electron chi connectivity index (χ1n) is 14.1. The number of carbonyl (C=O) groups is 2. The molecule has 3 fully saturated rings. The quantitative estimate of drug-likeness (QED) is 0.551. The van der Waals surface area contributed by atoms with Crippen molar-refractivity contribution < 1.29 is 27.9 Å². The minimum atomic E-state index is -4.41. The lowest BCUT2D eigenvalue weighted by atomic mass is 9.74. The smallest absolute Gasteiger partial charge is 0.384 e. The number of primary amides is 1. The van der Waals surface area contributed by atoms with Crippen LogP contribution in [0.5, 0.6) is 0 Å². The van der Waals surface area contributed by atoms with E-state index in [1.807, 2.05) is 9.80 Å². The Hall–Kier alpha value is -3.21. The Morgan fingerprint density at radius 3 is 2.35 bits per heavy atom. The Balaban J connectivity index is 1.07. The molecular weight excluding hydrogens is 523 g/mol. The number of halogens is 3. The van der Waals surface area contributed by atoms with Crippen molar-refractivity contribution in [1.29, 1.82) is 0 Å². The SMILES string of the molecule is NC(=O)c1ccc(C2(O)CCC(CC3CCN(C(=O)C4CCN(c5cc(C(F)(F)F)ccn5)CC4)C3)CC2)nc1. The molecule has 1 atom stereocenters. The molecule has 1 unspecified atom stereocenters. The number of hydrogen-bond acceptors (Lipinski definition) is 6. The Morgan fingerprint density at radius 2 is 1.73 bits per heavy atom. The van der Waals surface area contributed by atoms with Gasteiger partial charge in [0.25, 0.3) is 0 Å². The number of nitrogens with two attached hydrogens (primary N) is 1. The summed E-state index contributed by atoms with van der Waals surface area (Å²) in [5, 5.41) is 11.2. The van der Waals surface area contributed by atoms with Crippen LogP contribution in [0.2, 0.25) is 0 Å². The monoisotopic (exact) mass is 559 g/mol. The Morgan fingerprint density at radius 1 is 1.00 bits per heavy atom. The number of piperidine rings is 1. The lowest BCUT2D eigenvalue weighted by Gasteiger charge is -2.36. The van der Waals surface area contributed by atoms with E-state index in [0.717, 1.165) is 50.9 Å². The highest BCUT2D eigenvalue weighted by Gasteiger charge is 2.39. The molecule has 2 saturated heterocycles. The minimum Gasteiger partial charge on any atom is -0.384 e. The summed E-state index contributed by atoms with van der Waals surface area (Å²) < 4.78 is 39.2. The fraction of sp³-hybridized carbons (Fsp3) is 0.586. The van der Waals surface area contributed by atoms with E-state index in [1.165, 1.54) is 12.4 Å². The van der Waals surface area contributed by atoms with Crippen LogP contribution in [-0.4, -0.2) is 58.0 Å². The maximum atomic E-state index is 13.2. The molecule has 3 N–H and O–H groups in total. The topological polar surface area (TPSA) is 113 Å². The standard InChI is InChI=1S/C29H36F3N5O3/c30-29(31,32)23-5-11-34-25(16-23)36-13-7-21(8-14-36)27(39)37-12-6-20(18-37)15-19-3-9-28(40,10-4-19)24-2-1-22(17-35-24)26(33)38/h1-2,5,11,16-17,19-21,40H,3-4,6-10,12-15,18H2,(H2,33,38). The van der Waals surface area contributed by atoms with Crippen molar-refractivity contribution >= 4 is 17.6 Å². The van der Waals surface area contributed by atoms with Crippen molar-refractivity contribution in [1.82, 2.24) is 14.9 Å². The molecule has 1 aliphatic carbocycles. The molecule has 0 radical (unpaired) electrons. The normalized spacial score (nSPS) is 26.2. The molecule has 40 heavy (non-hydrogen) atoms. The molecule has 4 heterocycles. The second-order valence-electron chi connectivity index (χ2n) is 11.6. The van der Waals surface area contributed by atoms with Gasteiger partial charge in [-0.2, -0.15) is 13.2 Å². The highest BCUT2D eigenvalue weighted by Crippen LogP contribution is 2.42. The van der Waals surface area contributed by atoms with Crippen LogP contribution in [0.15, 0.2) is 36.7 Å². The largest absolute Gasteiger partial charge is 0.416 e. The molecule has 1 saturated carbocycles. The van der Waals surface area contributed by atoms with Gasteiger partial charge < -0.3 is 20.6 Å². The summed E-state index contributed by atoms with van der Waals surface area (Å²) in [6.45, 7) is 2.50. The summed E-state index contributed by atoms with van der Waals surface area (Å²) in [4.78, 5) is 36.8. The van der Waals surface area contributed by atoms with E-state index in [0.29, 0.717) is 67.7 Å². The van der Waals surface area contributed by atoms with Crippen LogP contribution in [0, 0.1) is 17.8 Å². The zero-order chi connectivity index (χ0) is 28.5. The Labute approximate surface area is 231 Å². The number of anilines is 1. The summed E-state index contributed by atoms with van der Waals surface area (Å²) in [5.74, 6) is 0.717. The van der Waals surface area contributed by atoms with Crippen LogP contribution in [0.3, 0.4) is 0 Å². The molecule has 5 rings (SSSR count). The second-order valence-corrected chi connectivity index (χ2v) is 11.6. The van der Waals surface area contributed by atoms with Gasteiger partial charge in [0.1, 0.15) is 11.4 Å². The van der Waals surface area contributed by atoms with Gasteiger partial charge in [0.15, 0.2) is 0 Å². The van der Waals surface area contributed by atoms with Crippen LogP contribution in [0.4, 0.5) is 19.0 Å². The molecule has 2 aromatic heterocycles. The molecule has 0 bridgehead atoms. The highest BCUT2D eigenvalue weighted by molar-refractivity contribution is 5.92. The number of nitrogens with zero attached hydrogens (tertiary/aromatic N) is 4. The number of pyridine rings is 2. The predicted molar refractivity (Wildman–Crippen MR) is 142 cm³/mol. The van der Waals surface area contributed by atoms with E-state index >= 15 is 0 Å². The van der Waals surface area contributed by atoms with Crippen molar-refractivity contribution in [3.05, 3.63) is 53.5 Å². The first-order valence-corrected chi connectivity index (χ1v) is 14.1. The number of rotatable bonds is 6. The number of carbonyl (C=O) groups excluding carboxylic acids is 2. The van der Waals surface area contributed by atoms with Crippen molar-refractivity contribution in [2.75, 3.05) is 31.1 Å². The third kappa shape index (κ3) is 6.24. The molecular formula is C29H36F3N5O3. The van der Waals surface area contributed by atoms with E-state index in [4.69, 9.17) is 5.73 Å². The fourth-order valence-electron chi connectivity index (χ4n) is 6.54. The summed E-state index contributed by atoms with van der Waals surface area (Å²) in [6.07, 6.45) is 4.36. The molecule has 216 valence electrons. The van der Waals surface area contributed by atoms with Gasteiger partial charge in [-0.1, -0.05) is 0 Å². The number of hydrogen-bond donors (Lipinski definition) is 2. The van der Waals surface area contributed by atoms with E-state index in [-0.39, 0.29) is 11.8 Å². The molecule has 2 aliphatic heterocycles. The number of aliphatic hydroxyl groups is 1. The molecule has 0 aromatic carbocycles. The van der Waals surface area contributed by atoms with Gasteiger partial charge in [0, 0.05) is 44.5 Å². The number of likely N-dealkylation sites (tertiary alicyclic amines) is 1. The summed E-state index contributed by atoms with van der Waals surface area (Å²) in [5.41, 5.74) is 4.47. The van der Waals surface area contributed by atoms with Crippen LogP contribution >= 0.6 is 0 Å². The van der Waals surface area contributed by atoms with Crippen molar-refractivity contribution in [3.63, 3.8) is 0 Å². The number of alkyl halides is 3. The van der Waals surface area contributed by atoms with E-state index in [9.17, 15) is 27.9 Å². The second kappa shape index (κ2) is 11.3. The van der Waals surface area contributed by atoms with E-state index < -0.39 is 23.2 Å². The Bertz CT molecular complexity index is 1210. The van der Waals surface area contributed by atoms with Crippen molar-refractivity contribution in [2.45, 2.75) is 63.1 Å². The van der Waals surface area contributed by atoms with E-state index in [1.54, 1.807) is 12.1 Å². The van der Waals surface area contributed by atoms with Crippen LogP contribution in [-0.2, 0) is 16.6 Å². The summed E-state index contributed by atoms with van der Waals surface area (Å²) in [6, 6.07) is 5.33. The number of amides is 2. The first kappa shape index (κ1) is 28.3. The molecule has 0 spiro atoms. The highest BCUT2D eigenvalue weighted by atomic mass is 19.4. The maximum Gasteiger partial charge on any atom is 0.416 e. The predicted octanol–water partition coefficient (Wildman–Crippen LogP) is 4.13. The van der Waals surface area contributed by atoms with Gasteiger partial charge in [-0.25, -0.2) is 4.98 Å². The number of aromatic nitrogens is 2. The fourth-order valence-corrected chi connectivity index (χ4v) is 6.54. The van der Waals surface area contributed by atoms with Crippen LogP contribution in [0.25, 0.3) is 0 Å². The average molecular weight is 560 g/mol. The van der Waals surface area contributed by atoms with Crippen LogP contribution < -0.4 is 10.6 Å². The average Bonchev–Trinajstić information content (AvgIpc) is 3.42. The van der Waals surface area contributed by atoms with Gasteiger partial charge in [0.2, 0.25) is 11.8 Å². The van der Waals surface area contributed by atoms with Gasteiger partial charge in [-0.3, -0.25) is 14.6 Å². The van der Waals surface area contributed by atoms with Gasteiger partial charge in [-0.05, 0) is 87.5 Å². The molecule has 2 amide bonds. The van der Waals surface area contributed by atoms with Crippen molar-refractivity contribution in [3.8, 4) is 0 Å². The first-order chi connectivity index (χ1) is 19.0. The molecule has 11 heteroatoms. The zero-order valence-corrected chi connectivity index (χ0v) is 22.4.